The van der Waals surface area contributed by atoms with E-state index in [0.717, 1.165) is 0 Å². The molecule has 4 nitrogen and oxygen atoms in total. The van der Waals surface area contributed by atoms with Crippen molar-refractivity contribution in [3.8, 4) is 0 Å². The Morgan fingerprint density at radius 2 is 2.00 bits per heavy atom. The molecule has 0 rings (SSSR count). The van der Waals surface area contributed by atoms with Crippen LogP contribution in [0.1, 0.15) is 13.8 Å². The maximum atomic E-state index is 10.8. The van der Waals surface area contributed by atoms with E-state index < -0.39 is 10.0 Å². The molecule has 5 heteroatoms. The standard InChI is InChI=1S/C8H13NO3S/c1-3-8(7(2)10)5-4-6-13(9,11)12/h3-5H,6H2,1-2H3,(H2,9,11,12). The molecule has 0 saturated heterocycles. The molecule has 0 radical (unpaired) electrons. The number of ketones is 1. The zero-order valence-corrected chi connectivity index (χ0v) is 8.47. The van der Waals surface area contributed by atoms with Gasteiger partial charge in [-0.25, -0.2) is 13.6 Å². The summed E-state index contributed by atoms with van der Waals surface area (Å²) in [7, 11) is -3.48. The highest BCUT2D eigenvalue weighted by atomic mass is 32.2. The van der Waals surface area contributed by atoms with Crippen molar-refractivity contribution >= 4 is 15.8 Å². The number of allylic oxidation sites excluding steroid dienone is 3. The Labute approximate surface area is 78.2 Å². The van der Waals surface area contributed by atoms with Gasteiger partial charge >= 0.3 is 0 Å². The van der Waals surface area contributed by atoms with Crippen molar-refractivity contribution in [3.05, 3.63) is 23.8 Å². The fourth-order valence-electron chi connectivity index (χ4n) is 0.726. The summed E-state index contributed by atoms with van der Waals surface area (Å²) in [6, 6.07) is 0. The molecule has 0 saturated carbocycles. The first-order valence-corrected chi connectivity index (χ1v) is 5.42. The van der Waals surface area contributed by atoms with E-state index in [9.17, 15) is 13.2 Å². The molecule has 0 bridgehead atoms. The first kappa shape index (κ1) is 12.1. The molecule has 0 aliphatic rings. The summed E-state index contributed by atoms with van der Waals surface area (Å²) in [5, 5.41) is 4.76. The van der Waals surface area contributed by atoms with Crippen LogP contribution in [0.5, 0.6) is 0 Å². The Bertz CT molecular complexity index is 338. The molecule has 0 heterocycles. The third-order valence-electron chi connectivity index (χ3n) is 1.34. The normalized spacial score (nSPS) is 13.6. The van der Waals surface area contributed by atoms with Crippen molar-refractivity contribution in [2.24, 2.45) is 5.14 Å². The summed E-state index contributed by atoms with van der Waals surface area (Å²) in [6.45, 7) is 3.12. The minimum atomic E-state index is -3.48. The number of Topliss-reactive ketones (excluding diaryl/α,β-unsaturated/α-hetero) is 1. The summed E-state index contributed by atoms with van der Waals surface area (Å²) in [6.07, 6.45) is 4.42. The molecule has 74 valence electrons. The fraction of sp³-hybridized carbons (Fsp3) is 0.375. The highest BCUT2D eigenvalue weighted by molar-refractivity contribution is 7.89. The number of sulfonamides is 1. The van der Waals surface area contributed by atoms with Crippen molar-refractivity contribution in [3.63, 3.8) is 0 Å². The van der Waals surface area contributed by atoms with Crippen molar-refractivity contribution in [1.29, 1.82) is 0 Å². The van der Waals surface area contributed by atoms with Gasteiger partial charge in [0.1, 0.15) is 0 Å². The Hall–Kier alpha value is -0.940. The average molecular weight is 203 g/mol. The van der Waals surface area contributed by atoms with Crippen LogP contribution in [0.4, 0.5) is 0 Å². The maximum absolute atomic E-state index is 10.8. The predicted octanol–water partition coefficient (Wildman–Crippen LogP) is 0.366. The van der Waals surface area contributed by atoms with Crippen LogP contribution in [-0.4, -0.2) is 20.0 Å². The Balaban J connectivity index is 4.37. The molecule has 13 heavy (non-hydrogen) atoms. The van der Waals surface area contributed by atoms with Gasteiger partial charge in [-0.05, 0) is 13.8 Å². The van der Waals surface area contributed by atoms with Crippen LogP contribution in [0.15, 0.2) is 23.8 Å². The smallest absolute Gasteiger partial charge is 0.212 e. The summed E-state index contributed by atoms with van der Waals surface area (Å²) >= 11 is 0. The third-order valence-corrected chi connectivity index (χ3v) is 2.00. The molecule has 0 spiro atoms. The topological polar surface area (TPSA) is 77.2 Å². The first-order valence-electron chi connectivity index (χ1n) is 3.71. The molecular weight excluding hydrogens is 190 g/mol. The zero-order valence-electron chi connectivity index (χ0n) is 7.65. The molecule has 0 fully saturated rings. The minimum Gasteiger partial charge on any atom is -0.295 e. The zero-order chi connectivity index (χ0) is 10.5. The number of primary sulfonamides is 1. The van der Waals surface area contributed by atoms with Gasteiger partial charge < -0.3 is 0 Å². The largest absolute Gasteiger partial charge is 0.295 e. The molecule has 0 unspecified atom stereocenters. The van der Waals surface area contributed by atoms with Gasteiger partial charge in [0.25, 0.3) is 0 Å². The van der Waals surface area contributed by atoms with Crippen LogP contribution in [-0.2, 0) is 14.8 Å². The molecule has 0 aliphatic carbocycles. The molecule has 0 aromatic carbocycles. The van der Waals surface area contributed by atoms with Crippen LogP contribution in [0.3, 0.4) is 0 Å². The van der Waals surface area contributed by atoms with Gasteiger partial charge in [-0.15, -0.1) is 0 Å². The average Bonchev–Trinajstić information content (AvgIpc) is 1.95. The lowest BCUT2D eigenvalue weighted by Gasteiger charge is -1.93. The monoisotopic (exact) mass is 203 g/mol. The first-order chi connectivity index (χ1) is 5.87. The van der Waals surface area contributed by atoms with Crippen molar-refractivity contribution in [2.45, 2.75) is 13.8 Å². The van der Waals surface area contributed by atoms with Crippen LogP contribution in [0.2, 0.25) is 0 Å². The van der Waals surface area contributed by atoms with Crippen molar-refractivity contribution < 1.29 is 13.2 Å². The molecule has 0 atom stereocenters. The number of hydrogen-bond acceptors (Lipinski definition) is 3. The summed E-state index contributed by atoms with van der Waals surface area (Å²) < 4.78 is 21.0. The van der Waals surface area contributed by atoms with Crippen LogP contribution < -0.4 is 5.14 Å². The summed E-state index contributed by atoms with van der Waals surface area (Å²) in [5.41, 5.74) is 0.476. The lowest BCUT2D eigenvalue weighted by Crippen LogP contribution is -2.14. The molecule has 0 amide bonds. The number of nitrogens with two attached hydrogens (primary N) is 1. The molecule has 2 N–H and O–H groups in total. The van der Waals surface area contributed by atoms with Crippen LogP contribution in [0, 0.1) is 0 Å². The van der Waals surface area contributed by atoms with Gasteiger partial charge in [-0.2, -0.15) is 0 Å². The van der Waals surface area contributed by atoms with E-state index in [2.05, 4.69) is 0 Å². The van der Waals surface area contributed by atoms with E-state index in [0.29, 0.717) is 5.57 Å². The molecule has 0 aromatic rings. The van der Waals surface area contributed by atoms with E-state index in [-0.39, 0.29) is 11.5 Å². The van der Waals surface area contributed by atoms with Crippen molar-refractivity contribution in [2.75, 3.05) is 5.75 Å². The van der Waals surface area contributed by atoms with E-state index in [4.69, 9.17) is 5.14 Å². The number of carbonyl (C=O) groups is 1. The Morgan fingerprint density at radius 1 is 1.46 bits per heavy atom. The highest BCUT2D eigenvalue weighted by Gasteiger charge is 1.99. The lowest BCUT2D eigenvalue weighted by atomic mass is 10.2. The van der Waals surface area contributed by atoms with Gasteiger partial charge in [-0.3, -0.25) is 4.79 Å². The minimum absolute atomic E-state index is 0.104. The predicted molar refractivity (Wildman–Crippen MR) is 51.6 cm³/mol. The van der Waals surface area contributed by atoms with E-state index >= 15 is 0 Å². The van der Waals surface area contributed by atoms with Crippen molar-refractivity contribution in [1.82, 2.24) is 0 Å². The van der Waals surface area contributed by atoms with E-state index in [1.54, 1.807) is 13.0 Å². The van der Waals surface area contributed by atoms with Crippen LogP contribution >= 0.6 is 0 Å². The molecular formula is C8H13NO3S. The van der Waals surface area contributed by atoms with Gasteiger partial charge in [0, 0.05) is 5.57 Å². The quantitative estimate of drug-likeness (QED) is 0.529. The Morgan fingerprint density at radius 3 is 2.31 bits per heavy atom. The molecule has 0 aromatic heterocycles. The number of hydrogen-bond donors (Lipinski definition) is 1. The van der Waals surface area contributed by atoms with Gasteiger partial charge in [0.05, 0.1) is 5.75 Å². The second kappa shape index (κ2) is 4.94. The van der Waals surface area contributed by atoms with E-state index in [1.807, 2.05) is 0 Å². The maximum Gasteiger partial charge on any atom is 0.212 e. The second-order valence-electron chi connectivity index (χ2n) is 2.53. The lowest BCUT2D eigenvalue weighted by molar-refractivity contribution is -0.113. The third kappa shape index (κ3) is 6.24. The second-order valence-corrected chi connectivity index (χ2v) is 4.19. The van der Waals surface area contributed by atoms with Gasteiger partial charge in [-0.1, -0.05) is 18.2 Å². The number of rotatable bonds is 4. The highest BCUT2D eigenvalue weighted by Crippen LogP contribution is 1.98. The SMILES string of the molecule is CC=C(C=CCS(N)(=O)=O)C(C)=O. The number of carbonyl (C=O) groups excluding carboxylic acids is 1. The van der Waals surface area contributed by atoms with E-state index in [1.165, 1.54) is 19.1 Å². The molecule has 0 aliphatic heterocycles. The van der Waals surface area contributed by atoms with Gasteiger partial charge in [0.15, 0.2) is 5.78 Å². The summed E-state index contributed by atoms with van der Waals surface area (Å²) in [5.74, 6) is -0.356. The summed E-state index contributed by atoms with van der Waals surface area (Å²) in [4.78, 5) is 10.8. The van der Waals surface area contributed by atoms with Crippen LogP contribution in [0.25, 0.3) is 0 Å². The fourth-order valence-corrected chi connectivity index (χ4v) is 1.09. The van der Waals surface area contributed by atoms with Gasteiger partial charge in [0.2, 0.25) is 10.0 Å². The Kier molecular flexibility index (Phi) is 4.58.